The van der Waals surface area contributed by atoms with Crippen molar-refractivity contribution in [1.29, 1.82) is 0 Å². The maximum Gasteiger partial charge on any atom is 0.271 e. The fraction of sp³-hybridized carbons (Fsp3) is 0.143. The SMILES string of the molecule is O=C(Nc1ccc(N2CCCC2=O)c(Cl)c1)c1ccc(NS(=O)(=O)c2cccs2)cc1. The molecule has 2 heterocycles. The number of benzene rings is 2. The summed E-state index contributed by atoms with van der Waals surface area (Å²) in [7, 11) is -3.65. The molecule has 0 aliphatic carbocycles. The molecule has 0 spiro atoms. The first-order valence-electron chi connectivity index (χ1n) is 9.41. The standard InChI is InChI=1S/C21H18ClN3O4S2/c22-17-13-16(9-10-18(17)25-11-1-3-19(25)26)23-21(27)14-5-7-15(8-6-14)24-31(28,29)20-4-2-12-30-20/h2,4-10,12-13,24H,1,3,11H2,(H,23,27). The molecule has 3 aromatic rings. The number of amides is 2. The number of carbonyl (C=O) groups excluding carboxylic acids is 2. The molecule has 7 nitrogen and oxygen atoms in total. The normalized spacial score (nSPS) is 14.0. The van der Waals surface area contributed by atoms with Gasteiger partial charge in [-0.15, -0.1) is 11.3 Å². The smallest absolute Gasteiger partial charge is 0.271 e. The van der Waals surface area contributed by atoms with Crippen molar-refractivity contribution >= 4 is 61.8 Å². The summed E-state index contributed by atoms with van der Waals surface area (Å²) in [5.74, 6) is -0.331. The minimum atomic E-state index is -3.65. The van der Waals surface area contributed by atoms with Crippen LogP contribution >= 0.6 is 22.9 Å². The van der Waals surface area contributed by atoms with Gasteiger partial charge in [-0.05, 0) is 60.3 Å². The van der Waals surface area contributed by atoms with E-state index in [0.29, 0.717) is 40.6 Å². The van der Waals surface area contributed by atoms with Gasteiger partial charge >= 0.3 is 0 Å². The van der Waals surface area contributed by atoms with E-state index in [9.17, 15) is 18.0 Å². The van der Waals surface area contributed by atoms with Crippen LogP contribution in [0.5, 0.6) is 0 Å². The van der Waals surface area contributed by atoms with Crippen molar-refractivity contribution in [2.24, 2.45) is 0 Å². The molecule has 2 aromatic carbocycles. The Balaban J connectivity index is 1.43. The van der Waals surface area contributed by atoms with E-state index in [0.717, 1.165) is 17.8 Å². The molecule has 1 aliphatic rings. The van der Waals surface area contributed by atoms with Gasteiger partial charge in [-0.2, -0.15) is 0 Å². The maximum absolute atomic E-state index is 12.5. The average Bonchev–Trinajstić information content (AvgIpc) is 3.41. The second-order valence-electron chi connectivity index (χ2n) is 6.88. The Morgan fingerprint density at radius 3 is 2.42 bits per heavy atom. The molecular weight excluding hydrogens is 458 g/mol. The molecule has 0 radical (unpaired) electrons. The van der Waals surface area contributed by atoms with Gasteiger partial charge in [0.1, 0.15) is 4.21 Å². The number of nitrogens with one attached hydrogen (secondary N) is 2. The van der Waals surface area contributed by atoms with Crippen molar-refractivity contribution in [3.8, 4) is 0 Å². The first kappa shape index (κ1) is 21.4. The first-order valence-corrected chi connectivity index (χ1v) is 12.2. The van der Waals surface area contributed by atoms with Crippen LogP contribution in [0.15, 0.2) is 64.2 Å². The average molecular weight is 476 g/mol. The molecule has 0 saturated carbocycles. The minimum Gasteiger partial charge on any atom is -0.322 e. The van der Waals surface area contributed by atoms with E-state index in [1.54, 1.807) is 34.5 Å². The van der Waals surface area contributed by atoms with Crippen molar-refractivity contribution in [1.82, 2.24) is 0 Å². The monoisotopic (exact) mass is 475 g/mol. The van der Waals surface area contributed by atoms with E-state index in [4.69, 9.17) is 11.6 Å². The van der Waals surface area contributed by atoms with Crippen LogP contribution in [-0.4, -0.2) is 26.8 Å². The zero-order chi connectivity index (χ0) is 22.0. The van der Waals surface area contributed by atoms with E-state index in [1.165, 1.54) is 30.3 Å². The van der Waals surface area contributed by atoms with Gasteiger partial charge in [-0.3, -0.25) is 14.3 Å². The maximum atomic E-state index is 12.5. The summed E-state index contributed by atoms with van der Waals surface area (Å²) in [6.07, 6.45) is 1.31. The van der Waals surface area contributed by atoms with Crippen molar-refractivity contribution < 1.29 is 18.0 Å². The van der Waals surface area contributed by atoms with Crippen molar-refractivity contribution in [2.45, 2.75) is 17.1 Å². The summed E-state index contributed by atoms with van der Waals surface area (Å²) in [5.41, 5.74) is 1.83. The van der Waals surface area contributed by atoms with E-state index >= 15 is 0 Å². The molecule has 31 heavy (non-hydrogen) atoms. The largest absolute Gasteiger partial charge is 0.322 e. The van der Waals surface area contributed by atoms with Gasteiger partial charge in [0, 0.05) is 29.9 Å². The molecular formula is C21H18ClN3O4S2. The zero-order valence-corrected chi connectivity index (χ0v) is 18.6. The molecule has 0 unspecified atom stereocenters. The second kappa shape index (κ2) is 8.70. The van der Waals surface area contributed by atoms with Crippen LogP contribution in [0.4, 0.5) is 17.1 Å². The van der Waals surface area contributed by atoms with Crippen molar-refractivity contribution in [3.05, 3.63) is 70.6 Å². The molecule has 160 valence electrons. The third kappa shape index (κ3) is 4.73. The highest BCUT2D eigenvalue weighted by Gasteiger charge is 2.23. The summed E-state index contributed by atoms with van der Waals surface area (Å²) in [6, 6.07) is 14.3. The Morgan fingerprint density at radius 2 is 1.81 bits per heavy atom. The van der Waals surface area contributed by atoms with E-state index in [-0.39, 0.29) is 16.0 Å². The van der Waals surface area contributed by atoms with Crippen LogP contribution in [0.2, 0.25) is 5.02 Å². The zero-order valence-electron chi connectivity index (χ0n) is 16.2. The number of hydrogen-bond donors (Lipinski definition) is 2. The molecule has 10 heteroatoms. The highest BCUT2D eigenvalue weighted by molar-refractivity contribution is 7.94. The van der Waals surface area contributed by atoms with Crippen LogP contribution in [-0.2, 0) is 14.8 Å². The predicted molar refractivity (Wildman–Crippen MR) is 123 cm³/mol. The summed E-state index contributed by atoms with van der Waals surface area (Å²) < 4.78 is 27.3. The van der Waals surface area contributed by atoms with E-state index in [2.05, 4.69) is 10.0 Å². The number of rotatable bonds is 6. The van der Waals surface area contributed by atoms with E-state index < -0.39 is 10.0 Å². The van der Waals surface area contributed by atoms with Crippen LogP contribution in [0.3, 0.4) is 0 Å². The van der Waals surface area contributed by atoms with Crippen molar-refractivity contribution in [3.63, 3.8) is 0 Å². The lowest BCUT2D eigenvalue weighted by atomic mass is 10.2. The lowest BCUT2D eigenvalue weighted by Crippen LogP contribution is -2.24. The summed E-state index contributed by atoms with van der Waals surface area (Å²) in [4.78, 5) is 26.1. The van der Waals surface area contributed by atoms with Gasteiger partial charge < -0.3 is 10.2 Å². The number of carbonyl (C=O) groups is 2. The number of hydrogen-bond acceptors (Lipinski definition) is 5. The number of anilines is 3. The molecule has 1 saturated heterocycles. The van der Waals surface area contributed by atoms with Gasteiger partial charge in [0.2, 0.25) is 5.91 Å². The quantitative estimate of drug-likeness (QED) is 0.545. The lowest BCUT2D eigenvalue weighted by Gasteiger charge is -2.18. The predicted octanol–water partition coefficient (Wildman–Crippen LogP) is 4.58. The molecule has 4 rings (SSSR count). The molecule has 0 atom stereocenters. The molecule has 2 amide bonds. The Hall–Kier alpha value is -2.88. The van der Waals surface area contributed by atoms with Crippen LogP contribution < -0.4 is 14.9 Å². The summed E-state index contributed by atoms with van der Waals surface area (Å²) in [5, 5.41) is 4.82. The molecule has 1 aromatic heterocycles. The highest BCUT2D eigenvalue weighted by atomic mass is 35.5. The fourth-order valence-electron chi connectivity index (χ4n) is 3.22. The lowest BCUT2D eigenvalue weighted by molar-refractivity contribution is -0.117. The Kier molecular flexibility index (Phi) is 5.99. The number of sulfonamides is 1. The first-order chi connectivity index (χ1) is 14.8. The summed E-state index contributed by atoms with van der Waals surface area (Å²) in [6.45, 7) is 0.632. The Morgan fingerprint density at radius 1 is 1.06 bits per heavy atom. The van der Waals surface area contributed by atoms with Gasteiger partial charge in [-0.1, -0.05) is 17.7 Å². The van der Waals surface area contributed by atoms with Gasteiger partial charge in [0.15, 0.2) is 0 Å². The van der Waals surface area contributed by atoms with Crippen molar-refractivity contribution in [2.75, 3.05) is 21.5 Å². The highest BCUT2D eigenvalue weighted by Crippen LogP contribution is 2.32. The fourth-order valence-corrected chi connectivity index (χ4v) is 5.56. The third-order valence-corrected chi connectivity index (χ3v) is 7.81. The number of thiophene rings is 1. The molecule has 2 N–H and O–H groups in total. The molecule has 1 aliphatic heterocycles. The summed E-state index contributed by atoms with van der Waals surface area (Å²) >= 11 is 7.44. The second-order valence-corrected chi connectivity index (χ2v) is 10.1. The van der Waals surface area contributed by atoms with Gasteiger partial charge in [0.05, 0.1) is 10.7 Å². The third-order valence-electron chi connectivity index (χ3n) is 4.73. The van der Waals surface area contributed by atoms with Crippen LogP contribution in [0.25, 0.3) is 0 Å². The Labute approximate surface area is 188 Å². The molecule has 1 fully saturated rings. The van der Waals surface area contributed by atoms with Crippen LogP contribution in [0.1, 0.15) is 23.2 Å². The molecule has 0 bridgehead atoms. The van der Waals surface area contributed by atoms with Gasteiger partial charge in [0.25, 0.3) is 15.9 Å². The number of halogens is 1. The topological polar surface area (TPSA) is 95.6 Å². The van der Waals surface area contributed by atoms with Gasteiger partial charge in [-0.25, -0.2) is 8.42 Å². The number of nitrogens with zero attached hydrogens (tertiary/aromatic N) is 1. The Bertz CT molecular complexity index is 1230. The minimum absolute atomic E-state index is 0.0356. The van der Waals surface area contributed by atoms with Crippen LogP contribution in [0, 0.1) is 0 Å². The van der Waals surface area contributed by atoms with E-state index in [1.807, 2.05) is 0 Å².